The van der Waals surface area contributed by atoms with Crippen LogP contribution in [0.25, 0.3) is 11.4 Å². The van der Waals surface area contributed by atoms with Gasteiger partial charge in [0.2, 0.25) is 5.95 Å². The maximum atomic E-state index is 11.3. The number of hydrogen-bond donors (Lipinski definition) is 2. The van der Waals surface area contributed by atoms with Crippen LogP contribution in [0.4, 0.5) is 5.95 Å². The van der Waals surface area contributed by atoms with E-state index in [4.69, 9.17) is 9.72 Å². The van der Waals surface area contributed by atoms with E-state index in [0.717, 1.165) is 30.8 Å². The van der Waals surface area contributed by atoms with E-state index in [2.05, 4.69) is 39.6 Å². The molecule has 0 amide bonds. The molecule has 11 heteroatoms. The van der Waals surface area contributed by atoms with Crippen LogP contribution in [-0.4, -0.2) is 51.9 Å². The molecular weight excluding hydrogens is 436 g/mol. The molecule has 34 heavy (non-hydrogen) atoms. The van der Waals surface area contributed by atoms with E-state index in [9.17, 15) is 9.90 Å². The minimum absolute atomic E-state index is 0.111. The molecule has 1 aliphatic carbocycles. The summed E-state index contributed by atoms with van der Waals surface area (Å²) in [7, 11) is 1.84. The molecule has 0 radical (unpaired) electrons. The predicted octanol–water partition coefficient (Wildman–Crippen LogP) is 3.07. The fourth-order valence-electron chi connectivity index (χ4n) is 4.24. The summed E-state index contributed by atoms with van der Waals surface area (Å²) in [5.41, 5.74) is 2.96. The second kappa shape index (κ2) is 10.2. The number of rotatable bonds is 9. The highest BCUT2D eigenvalue weighted by atomic mass is 16.5. The maximum absolute atomic E-state index is 11.3. The van der Waals surface area contributed by atoms with E-state index in [-0.39, 0.29) is 12.0 Å². The standard InChI is InChI=1S/C23H32N8O3/c1-14(2)12-31-13-25-23(28-31)24-11-19-21(27-29-30(19)4)18-8-9-20(15(3)26-18)34-17-7-5-6-16(10-17)22(32)33/h8-9,13-14,16-17H,5-7,10-12H2,1-4H3,(H,24,28)(H,32,33)/t16-,17-/m0/s1. The largest absolute Gasteiger partial charge is 0.489 e. The summed E-state index contributed by atoms with van der Waals surface area (Å²) in [6.07, 6.45) is 4.55. The fourth-order valence-corrected chi connectivity index (χ4v) is 4.24. The number of pyridine rings is 1. The molecule has 0 aliphatic heterocycles. The van der Waals surface area contributed by atoms with Crippen LogP contribution in [0.5, 0.6) is 5.75 Å². The number of carboxylic acid groups (broad SMARTS) is 1. The minimum atomic E-state index is -0.746. The van der Waals surface area contributed by atoms with Gasteiger partial charge in [0.15, 0.2) is 0 Å². The smallest absolute Gasteiger partial charge is 0.306 e. The number of hydrogen-bond acceptors (Lipinski definition) is 8. The van der Waals surface area contributed by atoms with Crippen LogP contribution in [0.1, 0.15) is 50.9 Å². The molecule has 0 aromatic carbocycles. The number of nitrogens with one attached hydrogen (secondary N) is 1. The second-order valence-electron chi connectivity index (χ2n) is 9.27. The lowest BCUT2D eigenvalue weighted by atomic mass is 9.87. The van der Waals surface area contributed by atoms with Gasteiger partial charge in [-0.05, 0) is 50.7 Å². The topological polar surface area (TPSA) is 133 Å². The lowest BCUT2D eigenvalue weighted by Gasteiger charge is -2.27. The van der Waals surface area contributed by atoms with Gasteiger partial charge in [-0.3, -0.25) is 9.48 Å². The van der Waals surface area contributed by atoms with Gasteiger partial charge in [-0.2, -0.15) is 0 Å². The van der Waals surface area contributed by atoms with Gasteiger partial charge >= 0.3 is 5.97 Å². The van der Waals surface area contributed by atoms with Crippen molar-refractivity contribution in [3.63, 3.8) is 0 Å². The highest BCUT2D eigenvalue weighted by Gasteiger charge is 2.28. The third kappa shape index (κ3) is 5.52. The maximum Gasteiger partial charge on any atom is 0.306 e. The van der Waals surface area contributed by atoms with Gasteiger partial charge < -0.3 is 15.2 Å². The molecular formula is C23H32N8O3. The Morgan fingerprint density at radius 2 is 2.15 bits per heavy atom. The van der Waals surface area contributed by atoms with E-state index < -0.39 is 5.97 Å². The second-order valence-corrected chi connectivity index (χ2v) is 9.27. The molecule has 1 aliphatic rings. The molecule has 0 unspecified atom stereocenters. The van der Waals surface area contributed by atoms with Crippen LogP contribution in [0.15, 0.2) is 18.5 Å². The van der Waals surface area contributed by atoms with Crippen molar-refractivity contribution in [2.75, 3.05) is 5.32 Å². The first kappa shape index (κ1) is 23.7. The van der Waals surface area contributed by atoms with E-state index in [0.29, 0.717) is 48.4 Å². The molecule has 1 saturated carbocycles. The first-order valence-corrected chi connectivity index (χ1v) is 11.7. The third-order valence-corrected chi connectivity index (χ3v) is 5.99. The van der Waals surface area contributed by atoms with Crippen LogP contribution < -0.4 is 10.1 Å². The summed E-state index contributed by atoms with van der Waals surface area (Å²) in [6, 6.07) is 3.74. The number of aryl methyl sites for hydroxylation is 2. The molecule has 3 aromatic rings. The van der Waals surface area contributed by atoms with Gasteiger partial charge in [-0.25, -0.2) is 14.6 Å². The van der Waals surface area contributed by atoms with Crippen molar-refractivity contribution in [3.05, 3.63) is 29.8 Å². The van der Waals surface area contributed by atoms with Gasteiger partial charge in [0.05, 0.1) is 35.6 Å². The molecule has 0 spiro atoms. The van der Waals surface area contributed by atoms with Crippen LogP contribution in [-0.2, 0) is 24.9 Å². The van der Waals surface area contributed by atoms with Crippen molar-refractivity contribution in [1.82, 2.24) is 34.7 Å². The zero-order valence-electron chi connectivity index (χ0n) is 20.1. The molecule has 0 bridgehead atoms. The van der Waals surface area contributed by atoms with Crippen molar-refractivity contribution >= 4 is 11.9 Å². The summed E-state index contributed by atoms with van der Waals surface area (Å²) in [5.74, 6) is 0.618. The van der Waals surface area contributed by atoms with Gasteiger partial charge in [-0.15, -0.1) is 10.2 Å². The first-order chi connectivity index (χ1) is 16.3. The zero-order chi connectivity index (χ0) is 24.2. The highest BCUT2D eigenvalue weighted by Crippen LogP contribution is 2.30. The Morgan fingerprint density at radius 1 is 1.32 bits per heavy atom. The Morgan fingerprint density at radius 3 is 2.88 bits per heavy atom. The first-order valence-electron chi connectivity index (χ1n) is 11.7. The molecule has 3 aromatic heterocycles. The highest BCUT2D eigenvalue weighted by molar-refractivity contribution is 5.70. The van der Waals surface area contributed by atoms with E-state index >= 15 is 0 Å². The number of carboxylic acids is 1. The number of aromatic nitrogens is 7. The zero-order valence-corrected chi connectivity index (χ0v) is 20.1. The van der Waals surface area contributed by atoms with Crippen LogP contribution in [0.2, 0.25) is 0 Å². The van der Waals surface area contributed by atoms with Crippen molar-refractivity contribution in [2.45, 2.75) is 65.6 Å². The van der Waals surface area contributed by atoms with Crippen LogP contribution in [0, 0.1) is 18.8 Å². The van der Waals surface area contributed by atoms with E-state index in [1.165, 1.54) is 0 Å². The number of aliphatic carboxylic acids is 1. The summed E-state index contributed by atoms with van der Waals surface area (Å²) < 4.78 is 9.66. The van der Waals surface area contributed by atoms with E-state index in [1.54, 1.807) is 11.0 Å². The Hall–Kier alpha value is -3.50. The molecule has 3 heterocycles. The molecule has 11 nitrogen and oxygen atoms in total. The van der Waals surface area contributed by atoms with Crippen molar-refractivity contribution in [1.29, 1.82) is 0 Å². The minimum Gasteiger partial charge on any atom is -0.489 e. The molecule has 0 saturated heterocycles. The number of carbonyl (C=O) groups is 1. The van der Waals surface area contributed by atoms with Gasteiger partial charge in [0.1, 0.15) is 17.8 Å². The summed E-state index contributed by atoms with van der Waals surface area (Å²) >= 11 is 0. The van der Waals surface area contributed by atoms with Gasteiger partial charge in [0, 0.05) is 13.6 Å². The Bertz CT molecular complexity index is 1140. The summed E-state index contributed by atoms with van der Waals surface area (Å²) in [6.45, 7) is 7.41. The Balaban J connectivity index is 1.45. The lowest BCUT2D eigenvalue weighted by molar-refractivity contribution is -0.143. The Labute approximate surface area is 198 Å². The normalized spacial score (nSPS) is 18.3. The third-order valence-electron chi connectivity index (χ3n) is 5.99. The lowest BCUT2D eigenvalue weighted by Crippen LogP contribution is -2.29. The summed E-state index contributed by atoms with van der Waals surface area (Å²) in [4.78, 5) is 20.4. The summed E-state index contributed by atoms with van der Waals surface area (Å²) in [5, 5.41) is 25.5. The quantitative estimate of drug-likeness (QED) is 0.486. The fraction of sp³-hybridized carbons (Fsp3) is 0.565. The number of anilines is 1. The number of ether oxygens (including phenoxy) is 1. The van der Waals surface area contributed by atoms with Gasteiger partial charge in [0.25, 0.3) is 0 Å². The Kier molecular flexibility index (Phi) is 7.09. The van der Waals surface area contributed by atoms with Crippen molar-refractivity contribution in [3.8, 4) is 17.1 Å². The SMILES string of the molecule is Cc1nc(-c2nnn(C)c2CNc2ncn(CC(C)C)n2)ccc1O[C@H]1CCC[C@H](C(=O)O)C1. The molecule has 4 rings (SSSR count). The molecule has 182 valence electrons. The monoisotopic (exact) mass is 468 g/mol. The van der Waals surface area contributed by atoms with E-state index in [1.807, 2.05) is 30.8 Å². The average molecular weight is 469 g/mol. The predicted molar refractivity (Wildman–Crippen MR) is 125 cm³/mol. The van der Waals surface area contributed by atoms with Crippen LogP contribution >= 0.6 is 0 Å². The molecule has 2 atom stereocenters. The van der Waals surface area contributed by atoms with Crippen molar-refractivity contribution in [2.24, 2.45) is 18.9 Å². The van der Waals surface area contributed by atoms with Gasteiger partial charge in [-0.1, -0.05) is 19.1 Å². The van der Waals surface area contributed by atoms with Crippen molar-refractivity contribution < 1.29 is 14.6 Å². The average Bonchev–Trinajstić information content (AvgIpc) is 3.39. The number of nitrogens with zero attached hydrogens (tertiary/aromatic N) is 7. The van der Waals surface area contributed by atoms with Crippen LogP contribution in [0.3, 0.4) is 0 Å². The molecule has 1 fully saturated rings. The molecule has 2 N–H and O–H groups in total.